The first-order valence-electron chi connectivity index (χ1n) is 6.38. The van der Waals surface area contributed by atoms with Crippen molar-refractivity contribution in [1.82, 2.24) is 9.88 Å². The number of carbonyl (C=O) groups excluding carboxylic acids is 1. The molecule has 1 aromatic carbocycles. The summed E-state index contributed by atoms with van der Waals surface area (Å²) < 4.78 is 37.4. The van der Waals surface area contributed by atoms with Crippen LogP contribution in [0.2, 0.25) is 0 Å². The van der Waals surface area contributed by atoms with Crippen LogP contribution in [0.1, 0.15) is 11.1 Å². The Morgan fingerprint density at radius 1 is 1.32 bits per heavy atom. The van der Waals surface area contributed by atoms with Crippen molar-refractivity contribution in [3.05, 3.63) is 47.0 Å². The second-order valence-electron chi connectivity index (χ2n) is 4.75. The van der Waals surface area contributed by atoms with Crippen molar-refractivity contribution in [1.29, 1.82) is 0 Å². The van der Waals surface area contributed by atoms with E-state index in [0.29, 0.717) is 17.2 Å². The van der Waals surface area contributed by atoms with Crippen molar-refractivity contribution < 1.29 is 18.0 Å². The number of rotatable bonds is 5. The van der Waals surface area contributed by atoms with Crippen LogP contribution in [0.15, 0.2) is 35.8 Å². The zero-order valence-electron chi connectivity index (χ0n) is 11.7. The van der Waals surface area contributed by atoms with Gasteiger partial charge in [-0.2, -0.15) is 13.2 Å². The fraction of sp³-hybridized carbons (Fsp3) is 0.286. The quantitative estimate of drug-likeness (QED) is 0.916. The lowest BCUT2D eigenvalue weighted by Crippen LogP contribution is -2.29. The highest BCUT2D eigenvalue weighted by Crippen LogP contribution is 2.29. The van der Waals surface area contributed by atoms with Gasteiger partial charge in [-0.1, -0.05) is 12.1 Å². The molecule has 0 atom stereocenters. The number of aromatic nitrogens is 1. The van der Waals surface area contributed by atoms with Crippen LogP contribution in [0.3, 0.4) is 0 Å². The molecule has 1 aromatic heterocycles. The van der Waals surface area contributed by atoms with Crippen molar-refractivity contribution >= 4 is 22.4 Å². The second kappa shape index (κ2) is 6.89. The fourth-order valence-corrected chi connectivity index (χ4v) is 2.40. The van der Waals surface area contributed by atoms with Crippen LogP contribution in [0.4, 0.5) is 18.3 Å². The molecule has 118 valence electrons. The molecule has 0 saturated carbocycles. The molecule has 0 radical (unpaired) electrons. The minimum atomic E-state index is -4.34. The number of benzene rings is 1. The van der Waals surface area contributed by atoms with Crippen LogP contribution in [-0.4, -0.2) is 29.4 Å². The molecule has 0 bridgehead atoms. The number of halogens is 3. The molecule has 0 aliphatic carbocycles. The van der Waals surface area contributed by atoms with Gasteiger partial charge in [0.2, 0.25) is 5.91 Å². The molecule has 0 aliphatic rings. The van der Waals surface area contributed by atoms with Crippen LogP contribution >= 0.6 is 11.3 Å². The van der Waals surface area contributed by atoms with E-state index in [-0.39, 0.29) is 12.5 Å². The molecule has 4 nitrogen and oxygen atoms in total. The summed E-state index contributed by atoms with van der Waals surface area (Å²) >= 11 is 1.32. The average molecular weight is 329 g/mol. The predicted octanol–water partition coefficient (Wildman–Crippen LogP) is 3.23. The summed E-state index contributed by atoms with van der Waals surface area (Å²) in [5.41, 5.74) is 0.0259. The summed E-state index contributed by atoms with van der Waals surface area (Å²) in [5.74, 6) is -0.218. The number of carbonyl (C=O) groups is 1. The van der Waals surface area contributed by atoms with Gasteiger partial charge in [-0.15, -0.1) is 11.3 Å². The molecule has 0 spiro atoms. The molecule has 0 unspecified atom stereocenters. The number of nitrogens with zero attached hydrogens (tertiary/aromatic N) is 2. The van der Waals surface area contributed by atoms with Gasteiger partial charge in [0.1, 0.15) is 0 Å². The number of nitrogens with one attached hydrogen (secondary N) is 1. The molecule has 1 heterocycles. The number of likely N-dealkylation sites (N-methyl/N-ethyl adjacent to an activating group) is 1. The smallest absolute Gasteiger partial charge is 0.301 e. The number of anilines is 1. The van der Waals surface area contributed by atoms with Crippen LogP contribution in [0, 0.1) is 0 Å². The molecule has 0 fully saturated rings. The van der Waals surface area contributed by atoms with E-state index in [1.807, 2.05) is 0 Å². The largest absolute Gasteiger partial charge is 0.416 e. The fourth-order valence-electron chi connectivity index (χ4n) is 1.86. The average Bonchev–Trinajstić information content (AvgIpc) is 2.90. The summed E-state index contributed by atoms with van der Waals surface area (Å²) in [4.78, 5) is 17.4. The van der Waals surface area contributed by atoms with Crippen molar-refractivity contribution in [2.24, 2.45) is 0 Å². The maximum atomic E-state index is 12.5. The molecule has 0 saturated heterocycles. The van der Waals surface area contributed by atoms with Crippen molar-refractivity contribution in [2.75, 3.05) is 18.9 Å². The third-order valence-electron chi connectivity index (χ3n) is 2.83. The molecule has 2 aromatic rings. The van der Waals surface area contributed by atoms with Crippen LogP contribution in [0.5, 0.6) is 0 Å². The Balaban J connectivity index is 1.86. The van der Waals surface area contributed by atoms with E-state index in [1.165, 1.54) is 23.5 Å². The summed E-state index contributed by atoms with van der Waals surface area (Å²) in [7, 11) is 1.72. The van der Waals surface area contributed by atoms with Crippen LogP contribution in [-0.2, 0) is 17.5 Å². The Hall–Kier alpha value is -1.93. The summed E-state index contributed by atoms with van der Waals surface area (Å²) in [5, 5.41) is 4.92. The first kappa shape index (κ1) is 16.4. The highest BCUT2D eigenvalue weighted by molar-refractivity contribution is 7.13. The topological polar surface area (TPSA) is 45.2 Å². The van der Waals surface area contributed by atoms with Gasteiger partial charge in [0, 0.05) is 18.1 Å². The Kier molecular flexibility index (Phi) is 5.15. The zero-order chi connectivity index (χ0) is 16.2. The number of alkyl halides is 3. The van der Waals surface area contributed by atoms with Gasteiger partial charge in [-0.3, -0.25) is 9.69 Å². The molecular weight excluding hydrogens is 315 g/mol. The van der Waals surface area contributed by atoms with Gasteiger partial charge < -0.3 is 5.32 Å². The van der Waals surface area contributed by atoms with Gasteiger partial charge in [-0.05, 0) is 24.7 Å². The zero-order valence-corrected chi connectivity index (χ0v) is 12.5. The lowest BCUT2D eigenvalue weighted by Gasteiger charge is -2.16. The summed E-state index contributed by atoms with van der Waals surface area (Å²) in [6, 6.07) is 4.91. The first-order valence-corrected chi connectivity index (χ1v) is 7.26. The number of hydrogen-bond acceptors (Lipinski definition) is 4. The Morgan fingerprint density at radius 3 is 2.55 bits per heavy atom. The molecule has 8 heteroatoms. The van der Waals surface area contributed by atoms with E-state index in [0.717, 1.165) is 12.1 Å². The molecule has 0 aliphatic heterocycles. The third kappa shape index (κ3) is 4.81. The SMILES string of the molecule is CN(CC(=O)Nc1nccs1)Cc1ccc(C(F)(F)F)cc1. The monoisotopic (exact) mass is 329 g/mol. The van der Waals surface area contributed by atoms with Crippen LogP contribution in [0.25, 0.3) is 0 Å². The van der Waals surface area contributed by atoms with E-state index < -0.39 is 11.7 Å². The minimum Gasteiger partial charge on any atom is -0.301 e. The molecule has 22 heavy (non-hydrogen) atoms. The van der Waals surface area contributed by atoms with Gasteiger partial charge in [0.05, 0.1) is 12.1 Å². The lowest BCUT2D eigenvalue weighted by molar-refractivity contribution is -0.137. The molecular formula is C14H14F3N3OS. The number of hydrogen-bond donors (Lipinski definition) is 1. The van der Waals surface area contributed by atoms with Gasteiger partial charge in [-0.25, -0.2) is 4.98 Å². The molecule has 1 N–H and O–H groups in total. The van der Waals surface area contributed by atoms with E-state index >= 15 is 0 Å². The highest BCUT2D eigenvalue weighted by atomic mass is 32.1. The maximum absolute atomic E-state index is 12.5. The molecule has 2 rings (SSSR count). The Morgan fingerprint density at radius 2 is 2.00 bits per heavy atom. The maximum Gasteiger partial charge on any atom is 0.416 e. The van der Waals surface area contributed by atoms with E-state index in [1.54, 1.807) is 23.5 Å². The van der Waals surface area contributed by atoms with E-state index in [2.05, 4.69) is 10.3 Å². The number of amides is 1. The molecule has 1 amide bonds. The third-order valence-corrected chi connectivity index (χ3v) is 3.51. The Bertz CT molecular complexity index is 611. The second-order valence-corrected chi connectivity index (χ2v) is 5.65. The van der Waals surface area contributed by atoms with E-state index in [4.69, 9.17) is 0 Å². The highest BCUT2D eigenvalue weighted by Gasteiger charge is 2.29. The minimum absolute atomic E-state index is 0.126. The predicted molar refractivity (Wildman–Crippen MR) is 78.5 cm³/mol. The van der Waals surface area contributed by atoms with Crippen LogP contribution < -0.4 is 5.32 Å². The summed E-state index contributed by atoms with van der Waals surface area (Å²) in [6.45, 7) is 0.504. The van der Waals surface area contributed by atoms with Gasteiger partial charge in [0.15, 0.2) is 5.13 Å². The normalized spacial score (nSPS) is 11.7. The summed E-state index contributed by atoms with van der Waals surface area (Å²) in [6.07, 6.45) is -2.75. The van der Waals surface area contributed by atoms with Crippen molar-refractivity contribution in [2.45, 2.75) is 12.7 Å². The van der Waals surface area contributed by atoms with Crippen molar-refractivity contribution in [3.8, 4) is 0 Å². The van der Waals surface area contributed by atoms with Crippen molar-refractivity contribution in [3.63, 3.8) is 0 Å². The Labute approximate surface area is 129 Å². The lowest BCUT2D eigenvalue weighted by atomic mass is 10.1. The standard InChI is InChI=1S/C14H14F3N3OS/c1-20(9-12(21)19-13-18-6-7-22-13)8-10-2-4-11(5-3-10)14(15,16)17/h2-7H,8-9H2,1H3,(H,18,19,21). The van der Waals surface area contributed by atoms with Gasteiger partial charge in [0.25, 0.3) is 0 Å². The first-order chi connectivity index (χ1) is 10.3. The number of thiazole rings is 1. The van der Waals surface area contributed by atoms with Gasteiger partial charge >= 0.3 is 6.18 Å². The van der Waals surface area contributed by atoms with E-state index in [9.17, 15) is 18.0 Å².